The highest BCUT2D eigenvalue weighted by Crippen LogP contribution is 2.46. The van der Waals surface area contributed by atoms with E-state index in [2.05, 4.69) is 31.4 Å². The molecule has 1 aromatic carbocycles. The van der Waals surface area contributed by atoms with Gasteiger partial charge in [0.25, 0.3) is 5.91 Å². The van der Waals surface area contributed by atoms with Crippen LogP contribution in [0.3, 0.4) is 0 Å². The molecule has 2 heterocycles. The Bertz CT molecular complexity index is 885. The van der Waals surface area contributed by atoms with Crippen LogP contribution in [0.5, 0.6) is 0 Å². The molecule has 1 aliphatic heterocycles. The fourth-order valence-corrected chi connectivity index (χ4v) is 5.71. The van der Waals surface area contributed by atoms with E-state index in [1.54, 1.807) is 17.4 Å². The van der Waals surface area contributed by atoms with Gasteiger partial charge in [-0.25, -0.2) is 0 Å². The zero-order chi connectivity index (χ0) is 18.6. The van der Waals surface area contributed by atoms with Crippen LogP contribution in [0.15, 0.2) is 18.2 Å². The van der Waals surface area contributed by atoms with E-state index in [1.807, 2.05) is 12.1 Å². The first-order valence-electron chi connectivity index (χ1n) is 8.91. The van der Waals surface area contributed by atoms with Crippen LogP contribution in [0.25, 0.3) is 0 Å². The first-order chi connectivity index (χ1) is 12.3. The monoisotopic (exact) mass is 408 g/mol. The predicted octanol–water partition coefficient (Wildman–Crippen LogP) is 6.06. The van der Waals surface area contributed by atoms with E-state index in [4.69, 9.17) is 23.2 Å². The summed E-state index contributed by atoms with van der Waals surface area (Å²) in [6.45, 7) is 6.91. The van der Waals surface area contributed by atoms with Crippen LogP contribution in [0.1, 0.15) is 59.7 Å². The summed E-state index contributed by atoms with van der Waals surface area (Å²) in [6, 6.07) is 5.49. The molecule has 2 atom stereocenters. The minimum atomic E-state index is -0.361. The molecule has 6 heteroatoms. The number of carbonyl (C=O) groups excluding carboxylic acids is 1. The highest BCUT2D eigenvalue weighted by Gasteiger charge is 2.36. The molecule has 0 bridgehead atoms. The third-order valence-electron chi connectivity index (χ3n) is 5.56. The Morgan fingerprint density at radius 3 is 2.69 bits per heavy atom. The van der Waals surface area contributed by atoms with Gasteiger partial charge in [-0.3, -0.25) is 4.79 Å². The number of carbonyl (C=O) groups is 1. The van der Waals surface area contributed by atoms with Gasteiger partial charge in [-0.2, -0.15) is 0 Å². The Kier molecular flexibility index (Phi) is 4.49. The Balaban J connectivity index is 1.68. The lowest BCUT2D eigenvalue weighted by Gasteiger charge is -2.34. The maximum absolute atomic E-state index is 12.9. The average Bonchev–Trinajstić information content (AvgIpc) is 2.94. The van der Waals surface area contributed by atoms with Gasteiger partial charge in [0, 0.05) is 10.4 Å². The lowest BCUT2D eigenvalue weighted by Crippen LogP contribution is -2.38. The smallest absolute Gasteiger partial charge is 0.256 e. The van der Waals surface area contributed by atoms with E-state index in [0.717, 1.165) is 35.4 Å². The summed E-state index contributed by atoms with van der Waals surface area (Å²) in [5.74, 6) is 0.628. The number of halogens is 2. The van der Waals surface area contributed by atoms with E-state index in [-0.39, 0.29) is 17.5 Å². The van der Waals surface area contributed by atoms with Crippen LogP contribution in [0.2, 0.25) is 10.0 Å². The van der Waals surface area contributed by atoms with Crippen LogP contribution >= 0.6 is 34.5 Å². The molecule has 0 saturated heterocycles. The van der Waals surface area contributed by atoms with E-state index in [1.165, 1.54) is 10.4 Å². The normalized spacial score (nSPS) is 22.3. The number of benzene rings is 1. The molecule has 0 unspecified atom stereocenters. The van der Waals surface area contributed by atoms with Gasteiger partial charge in [0.15, 0.2) is 0 Å². The number of hydrogen-bond donors (Lipinski definition) is 2. The molecule has 1 amide bonds. The van der Waals surface area contributed by atoms with Crippen molar-refractivity contribution in [3.8, 4) is 0 Å². The van der Waals surface area contributed by atoms with Crippen molar-refractivity contribution in [3.63, 3.8) is 0 Å². The van der Waals surface area contributed by atoms with Crippen molar-refractivity contribution in [3.05, 3.63) is 49.8 Å². The molecule has 0 saturated carbocycles. The molecular formula is C20H22Cl2N2OS. The van der Waals surface area contributed by atoms with Crippen LogP contribution in [0, 0.1) is 11.3 Å². The Hall–Kier alpha value is -1.23. The summed E-state index contributed by atoms with van der Waals surface area (Å²) in [7, 11) is 0. The minimum absolute atomic E-state index is 0.0218. The first-order valence-corrected chi connectivity index (χ1v) is 10.5. The highest BCUT2D eigenvalue weighted by atomic mass is 35.5. The highest BCUT2D eigenvalue weighted by molar-refractivity contribution is 7.16. The first kappa shape index (κ1) is 18.1. The zero-order valence-electron chi connectivity index (χ0n) is 15.1. The second-order valence-electron chi connectivity index (χ2n) is 8.21. The van der Waals surface area contributed by atoms with Crippen molar-refractivity contribution in [1.82, 2.24) is 5.32 Å². The van der Waals surface area contributed by atoms with Crippen molar-refractivity contribution in [1.29, 1.82) is 0 Å². The molecule has 138 valence electrons. The fraction of sp³-hybridized carbons (Fsp3) is 0.450. The SMILES string of the molecule is CC(C)(C)[C@@H]1CCc2c(sc3c2C(=O)N[C@H](c2cccc(Cl)c2Cl)N3)C1. The minimum Gasteiger partial charge on any atom is -0.353 e. The molecule has 2 N–H and O–H groups in total. The van der Waals surface area contributed by atoms with Gasteiger partial charge in [-0.15, -0.1) is 11.3 Å². The van der Waals surface area contributed by atoms with E-state index in [0.29, 0.717) is 16.0 Å². The summed E-state index contributed by atoms with van der Waals surface area (Å²) in [6.07, 6.45) is 2.80. The van der Waals surface area contributed by atoms with Gasteiger partial charge in [0.2, 0.25) is 0 Å². The summed E-state index contributed by atoms with van der Waals surface area (Å²) in [5, 5.41) is 8.43. The van der Waals surface area contributed by atoms with Gasteiger partial charge in [-0.05, 0) is 42.2 Å². The van der Waals surface area contributed by atoms with Gasteiger partial charge in [0.05, 0.1) is 15.6 Å². The van der Waals surface area contributed by atoms with Crippen LogP contribution in [-0.2, 0) is 12.8 Å². The zero-order valence-corrected chi connectivity index (χ0v) is 17.4. The molecule has 1 aliphatic carbocycles. The maximum atomic E-state index is 12.9. The van der Waals surface area contributed by atoms with Gasteiger partial charge >= 0.3 is 0 Å². The molecule has 2 aromatic rings. The molecule has 4 rings (SSSR count). The number of anilines is 1. The van der Waals surface area contributed by atoms with Crippen molar-refractivity contribution in [2.75, 3.05) is 5.32 Å². The molecule has 0 radical (unpaired) electrons. The van der Waals surface area contributed by atoms with Crippen LogP contribution in [0.4, 0.5) is 5.00 Å². The Morgan fingerprint density at radius 1 is 1.19 bits per heavy atom. The van der Waals surface area contributed by atoms with Crippen molar-refractivity contribution in [2.24, 2.45) is 11.3 Å². The summed E-state index contributed by atoms with van der Waals surface area (Å²) in [4.78, 5) is 14.2. The second kappa shape index (κ2) is 6.43. The summed E-state index contributed by atoms with van der Waals surface area (Å²) in [5.41, 5.74) is 3.13. The molecule has 0 fully saturated rings. The lowest BCUT2D eigenvalue weighted by atomic mass is 9.72. The molecule has 3 nitrogen and oxygen atoms in total. The predicted molar refractivity (Wildman–Crippen MR) is 110 cm³/mol. The average molecular weight is 409 g/mol. The molecular weight excluding hydrogens is 387 g/mol. The largest absolute Gasteiger partial charge is 0.353 e. The molecule has 2 aliphatic rings. The Labute approximate surface area is 168 Å². The van der Waals surface area contributed by atoms with Crippen molar-refractivity contribution < 1.29 is 4.79 Å². The number of thiophene rings is 1. The number of rotatable bonds is 1. The fourth-order valence-electron chi connectivity index (χ4n) is 3.94. The van der Waals surface area contributed by atoms with E-state index in [9.17, 15) is 4.79 Å². The maximum Gasteiger partial charge on any atom is 0.256 e. The summed E-state index contributed by atoms with van der Waals surface area (Å²) >= 11 is 14.2. The van der Waals surface area contributed by atoms with Crippen LogP contribution in [-0.4, -0.2) is 5.91 Å². The van der Waals surface area contributed by atoms with Gasteiger partial charge < -0.3 is 10.6 Å². The second-order valence-corrected chi connectivity index (χ2v) is 10.1. The molecule has 1 aromatic heterocycles. The quantitative estimate of drug-likeness (QED) is 0.601. The number of fused-ring (bicyclic) bond motifs is 3. The van der Waals surface area contributed by atoms with Crippen molar-refractivity contribution in [2.45, 2.75) is 46.2 Å². The third-order valence-corrected chi connectivity index (χ3v) is 7.58. The lowest BCUT2D eigenvalue weighted by molar-refractivity contribution is 0.0935. The number of amides is 1. The van der Waals surface area contributed by atoms with Gasteiger partial charge in [-0.1, -0.05) is 56.1 Å². The van der Waals surface area contributed by atoms with E-state index >= 15 is 0 Å². The van der Waals surface area contributed by atoms with E-state index < -0.39 is 0 Å². The number of nitrogens with one attached hydrogen (secondary N) is 2. The molecule has 26 heavy (non-hydrogen) atoms. The standard InChI is InChI=1S/C20H22Cl2N2OS/c1-20(2,3)10-7-8-11-14(9-10)26-19-15(11)18(25)23-17(24-19)12-5-4-6-13(21)16(12)22/h4-6,10,17,24H,7-9H2,1-3H3,(H,23,25)/t10-,17+/m1/s1. The Morgan fingerprint density at radius 2 is 1.96 bits per heavy atom. The summed E-state index contributed by atoms with van der Waals surface area (Å²) < 4.78 is 0. The third kappa shape index (κ3) is 3.02. The topological polar surface area (TPSA) is 41.1 Å². The molecule has 0 spiro atoms. The number of hydrogen-bond acceptors (Lipinski definition) is 3. The van der Waals surface area contributed by atoms with Crippen molar-refractivity contribution >= 4 is 45.4 Å². The van der Waals surface area contributed by atoms with Gasteiger partial charge in [0.1, 0.15) is 11.2 Å². The van der Waals surface area contributed by atoms with Crippen LogP contribution < -0.4 is 10.6 Å².